The van der Waals surface area contributed by atoms with Gasteiger partial charge in [0.2, 0.25) is 5.91 Å². The first-order chi connectivity index (χ1) is 7.10. The zero-order valence-corrected chi connectivity index (χ0v) is 8.01. The van der Waals surface area contributed by atoms with Gasteiger partial charge in [0.15, 0.2) is 6.29 Å². The van der Waals surface area contributed by atoms with Crippen molar-refractivity contribution >= 4 is 17.9 Å². The molecular weight excluding hydrogens is 200 g/mol. The molecule has 0 bridgehead atoms. The fraction of sp³-hybridized carbons (Fsp3) is 0.111. The van der Waals surface area contributed by atoms with Crippen LogP contribution in [0.15, 0.2) is 18.2 Å². The van der Waals surface area contributed by atoms with Gasteiger partial charge in [-0.1, -0.05) is 0 Å². The molecule has 0 spiro atoms. The van der Waals surface area contributed by atoms with Gasteiger partial charge in [-0.3, -0.25) is 19.6 Å². The Morgan fingerprint density at radius 2 is 2.27 bits per heavy atom. The number of carbonyl (C=O) groups is 2. The highest BCUT2D eigenvalue weighted by Gasteiger charge is 2.11. The van der Waals surface area contributed by atoms with Gasteiger partial charge in [0, 0.05) is 11.1 Å². The minimum Gasteiger partial charge on any atom is -0.366 e. The number of anilines is 1. The van der Waals surface area contributed by atoms with E-state index in [1.54, 1.807) is 0 Å². The van der Waals surface area contributed by atoms with Gasteiger partial charge < -0.3 is 5.73 Å². The van der Waals surface area contributed by atoms with Crippen molar-refractivity contribution in [3.8, 4) is 0 Å². The largest absolute Gasteiger partial charge is 0.366 e. The van der Waals surface area contributed by atoms with Crippen molar-refractivity contribution in [1.82, 2.24) is 0 Å². The number of amides is 1. The maximum atomic E-state index is 10.9. The van der Waals surface area contributed by atoms with Crippen LogP contribution >= 0.6 is 0 Å². The van der Waals surface area contributed by atoms with Gasteiger partial charge in [-0.15, -0.1) is 5.23 Å². The fourth-order valence-electron chi connectivity index (χ4n) is 1.06. The lowest BCUT2D eigenvalue weighted by atomic mass is 10.1. The summed E-state index contributed by atoms with van der Waals surface area (Å²) in [5.74, 6) is -0.654. The lowest BCUT2D eigenvalue weighted by Crippen LogP contribution is -2.19. The van der Waals surface area contributed by atoms with Gasteiger partial charge in [-0.25, -0.2) is 0 Å². The molecule has 0 heterocycles. The highest BCUT2D eigenvalue weighted by molar-refractivity contribution is 5.96. The molecule has 6 heteroatoms. The van der Waals surface area contributed by atoms with Gasteiger partial charge in [-0.05, 0) is 18.2 Å². The molecule has 0 saturated carbocycles. The van der Waals surface area contributed by atoms with Crippen molar-refractivity contribution in [3.63, 3.8) is 0 Å². The predicted octanol–water partition coefficient (Wildman–Crippen LogP) is 0.355. The third kappa shape index (κ3) is 2.30. The van der Waals surface area contributed by atoms with E-state index in [4.69, 9.17) is 5.73 Å². The van der Waals surface area contributed by atoms with E-state index >= 15 is 0 Å². The molecule has 6 nitrogen and oxygen atoms in total. The Balaban J connectivity index is 3.24. The maximum Gasteiger partial charge on any atom is 0.248 e. The summed E-state index contributed by atoms with van der Waals surface area (Å²) in [7, 11) is 1.21. The van der Waals surface area contributed by atoms with Crippen LogP contribution in [0.5, 0.6) is 0 Å². The SMILES string of the molecule is CON(O)c1cc(C(N)=O)ccc1C=O. The van der Waals surface area contributed by atoms with Crippen LogP contribution in [-0.4, -0.2) is 24.5 Å². The molecule has 1 amide bonds. The molecule has 15 heavy (non-hydrogen) atoms. The molecule has 0 fully saturated rings. The minimum atomic E-state index is -0.654. The summed E-state index contributed by atoms with van der Waals surface area (Å²) in [4.78, 5) is 26.0. The first-order valence-electron chi connectivity index (χ1n) is 4.02. The van der Waals surface area contributed by atoms with Gasteiger partial charge in [0.05, 0.1) is 7.11 Å². The van der Waals surface area contributed by atoms with Crippen molar-refractivity contribution in [2.75, 3.05) is 12.3 Å². The molecule has 3 N–H and O–H groups in total. The van der Waals surface area contributed by atoms with E-state index in [1.807, 2.05) is 0 Å². The summed E-state index contributed by atoms with van der Waals surface area (Å²) in [6.07, 6.45) is 0.530. The molecule has 0 aromatic heterocycles. The molecular formula is C9H10N2O4. The Labute approximate surface area is 85.8 Å². The summed E-state index contributed by atoms with van der Waals surface area (Å²) in [5, 5.41) is 9.63. The molecule has 0 saturated heterocycles. The number of nitrogens with zero attached hydrogens (tertiary/aromatic N) is 1. The summed E-state index contributed by atoms with van der Waals surface area (Å²) in [6, 6.07) is 4.01. The lowest BCUT2D eigenvalue weighted by Gasteiger charge is -2.15. The number of nitrogens with two attached hydrogens (primary N) is 1. The summed E-state index contributed by atoms with van der Waals surface area (Å²) in [5.41, 5.74) is 5.46. The van der Waals surface area contributed by atoms with E-state index in [9.17, 15) is 14.8 Å². The van der Waals surface area contributed by atoms with Crippen LogP contribution in [0.4, 0.5) is 5.69 Å². The van der Waals surface area contributed by atoms with Crippen LogP contribution < -0.4 is 11.0 Å². The van der Waals surface area contributed by atoms with E-state index < -0.39 is 5.91 Å². The molecule has 1 aromatic rings. The summed E-state index contributed by atoms with van der Waals surface area (Å²) < 4.78 is 0. The molecule has 0 radical (unpaired) electrons. The molecule has 1 rings (SSSR count). The maximum absolute atomic E-state index is 10.9. The van der Waals surface area contributed by atoms with Gasteiger partial charge in [0.1, 0.15) is 5.69 Å². The van der Waals surface area contributed by atoms with E-state index in [0.29, 0.717) is 11.5 Å². The van der Waals surface area contributed by atoms with E-state index in [1.165, 1.54) is 25.3 Å². The Morgan fingerprint density at radius 1 is 1.60 bits per heavy atom. The highest BCUT2D eigenvalue weighted by Crippen LogP contribution is 2.19. The standard InChI is InChI=1S/C9H10N2O4/c1-15-11(14)8-4-6(9(10)13)2-3-7(8)5-12/h2-5,14H,1H3,(H2,10,13). The van der Waals surface area contributed by atoms with Crippen molar-refractivity contribution < 1.29 is 19.6 Å². The minimum absolute atomic E-state index is 0.0591. The second kappa shape index (κ2) is 4.54. The Bertz CT molecular complexity index is 392. The third-order valence-electron chi connectivity index (χ3n) is 1.82. The van der Waals surface area contributed by atoms with Gasteiger partial charge >= 0.3 is 0 Å². The number of primary amides is 1. The fourth-order valence-corrected chi connectivity index (χ4v) is 1.06. The number of hydrogen-bond acceptors (Lipinski definition) is 5. The second-order valence-corrected chi connectivity index (χ2v) is 2.71. The molecule has 0 unspecified atom stereocenters. The molecule has 0 atom stereocenters. The van der Waals surface area contributed by atoms with Crippen LogP contribution in [-0.2, 0) is 4.84 Å². The first kappa shape index (κ1) is 11.2. The second-order valence-electron chi connectivity index (χ2n) is 2.71. The van der Waals surface area contributed by atoms with Crippen LogP contribution in [0.1, 0.15) is 20.7 Å². The molecule has 0 aliphatic heterocycles. The highest BCUT2D eigenvalue weighted by atomic mass is 16.9. The van der Waals surface area contributed by atoms with Gasteiger partial charge in [-0.2, -0.15) is 0 Å². The molecule has 1 aromatic carbocycles. The van der Waals surface area contributed by atoms with Crippen LogP contribution in [0.25, 0.3) is 0 Å². The van der Waals surface area contributed by atoms with E-state index in [-0.39, 0.29) is 16.8 Å². The van der Waals surface area contributed by atoms with Crippen LogP contribution in [0.2, 0.25) is 0 Å². The normalized spacial score (nSPS) is 9.73. The third-order valence-corrected chi connectivity index (χ3v) is 1.82. The zero-order valence-electron chi connectivity index (χ0n) is 8.01. The summed E-state index contributed by atoms with van der Waals surface area (Å²) >= 11 is 0. The number of benzene rings is 1. The first-order valence-corrected chi connectivity index (χ1v) is 4.02. The quantitative estimate of drug-likeness (QED) is 0.552. The monoisotopic (exact) mass is 210 g/mol. The number of aldehydes is 1. The Morgan fingerprint density at radius 3 is 2.73 bits per heavy atom. The lowest BCUT2D eigenvalue weighted by molar-refractivity contribution is -0.0112. The van der Waals surface area contributed by atoms with Crippen molar-refractivity contribution in [1.29, 1.82) is 0 Å². The Hall–Kier alpha value is -1.92. The number of rotatable bonds is 4. The zero-order chi connectivity index (χ0) is 11.4. The molecule has 0 aliphatic carbocycles. The van der Waals surface area contributed by atoms with Crippen molar-refractivity contribution in [2.45, 2.75) is 0 Å². The average Bonchev–Trinajstić information content (AvgIpc) is 2.27. The Kier molecular flexibility index (Phi) is 3.37. The predicted molar refractivity (Wildman–Crippen MR) is 51.6 cm³/mol. The van der Waals surface area contributed by atoms with Gasteiger partial charge in [0.25, 0.3) is 0 Å². The van der Waals surface area contributed by atoms with Crippen molar-refractivity contribution in [3.05, 3.63) is 29.3 Å². The topological polar surface area (TPSA) is 92.9 Å². The van der Waals surface area contributed by atoms with E-state index in [2.05, 4.69) is 4.84 Å². The average molecular weight is 210 g/mol. The van der Waals surface area contributed by atoms with Crippen LogP contribution in [0.3, 0.4) is 0 Å². The smallest absolute Gasteiger partial charge is 0.248 e. The van der Waals surface area contributed by atoms with E-state index in [0.717, 1.165) is 0 Å². The molecule has 0 aliphatic rings. The number of hydrogen-bond donors (Lipinski definition) is 2. The van der Waals surface area contributed by atoms with Crippen molar-refractivity contribution in [2.24, 2.45) is 5.73 Å². The molecule has 80 valence electrons. The van der Waals surface area contributed by atoms with Crippen LogP contribution in [0, 0.1) is 0 Å². The number of carbonyl (C=O) groups excluding carboxylic acids is 2. The summed E-state index contributed by atoms with van der Waals surface area (Å²) in [6.45, 7) is 0.